The first-order valence-electron chi connectivity index (χ1n) is 10.1. The standard InChI is InChI=1S/C24H21N3O5/c1-17-23(28)26(19-11-13-22(14-12-19)32-21-5-3-2-4-6-21)16-15-25(17)24(29)18-7-9-20(10-8-18)27(30)31/h2-14,17H,15-16H2,1H3. The van der Waals surface area contributed by atoms with Gasteiger partial charge in [-0.1, -0.05) is 18.2 Å². The van der Waals surface area contributed by atoms with Crippen molar-refractivity contribution in [3.05, 3.63) is 94.5 Å². The molecule has 1 aliphatic heterocycles. The van der Waals surface area contributed by atoms with Crippen LogP contribution in [0.3, 0.4) is 0 Å². The lowest BCUT2D eigenvalue weighted by molar-refractivity contribution is -0.384. The highest BCUT2D eigenvalue weighted by Gasteiger charge is 2.35. The molecule has 8 heteroatoms. The quantitative estimate of drug-likeness (QED) is 0.444. The van der Waals surface area contributed by atoms with Crippen molar-refractivity contribution in [3.63, 3.8) is 0 Å². The SMILES string of the molecule is CC1C(=O)N(c2ccc(Oc3ccccc3)cc2)CCN1C(=O)c1ccc([N+](=O)[O-])cc1. The zero-order chi connectivity index (χ0) is 22.7. The Kier molecular flexibility index (Phi) is 5.85. The Morgan fingerprint density at radius 1 is 0.938 bits per heavy atom. The molecule has 2 amide bonds. The summed E-state index contributed by atoms with van der Waals surface area (Å²) in [7, 11) is 0. The van der Waals surface area contributed by atoms with Gasteiger partial charge in [0.2, 0.25) is 5.91 Å². The van der Waals surface area contributed by atoms with Gasteiger partial charge in [-0.25, -0.2) is 0 Å². The third-order valence-electron chi connectivity index (χ3n) is 5.37. The van der Waals surface area contributed by atoms with E-state index in [-0.39, 0.29) is 17.5 Å². The van der Waals surface area contributed by atoms with E-state index >= 15 is 0 Å². The minimum absolute atomic E-state index is 0.0878. The van der Waals surface area contributed by atoms with E-state index in [2.05, 4.69) is 0 Å². The monoisotopic (exact) mass is 431 g/mol. The van der Waals surface area contributed by atoms with Gasteiger partial charge in [0, 0.05) is 36.5 Å². The zero-order valence-corrected chi connectivity index (χ0v) is 17.4. The molecule has 1 saturated heterocycles. The van der Waals surface area contributed by atoms with E-state index < -0.39 is 11.0 Å². The summed E-state index contributed by atoms with van der Waals surface area (Å²) in [5.41, 5.74) is 0.950. The topological polar surface area (TPSA) is 93.0 Å². The maximum atomic E-state index is 13.0. The first-order chi connectivity index (χ1) is 15.4. The Balaban J connectivity index is 1.44. The van der Waals surface area contributed by atoms with Gasteiger partial charge in [0.05, 0.1) is 4.92 Å². The average molecular weight is 431 g/mol. The van der Waals surface area contributed by atoms with Crippen molar-refractivity contribution >= 4 is 23.2 Å². The van der Waals surface area contributed by atoms with Crippen LogP contribution >= 0.6 is 0 Å². The fourth-order valence-corrected chi connectivity index (χ4v) is 3.61. The Morgan fingerprint density at radius 3 is 2.19 bits per heavy atom. The number of hydrogen-bond acceptors (Lipinski definition) is 5. The maximum absolute atomic E-state index is 13.0. The highest BCUT2D eigenvalue weighted by Crippen LogP contribution is 2.27. The van der Waals surface area contributed by atoms with Gasteiger partial charge in [-0.05, 0) is 55.5 Å². The Bertz CT molecular complexity index is 1130. The summed E-state index contributed by atoms with van der Waals surface area (Å²) >= 11 is 0. The van der Waals surface area contributed by atoms with Crippen LogP contribution in [-0.2, 0) is 4.79 Å². The summed E-state index contributed by atoms with van der Waals surface area (Å²) in [5, 5.41) is 10.8. The number of piperazine rings is 1. The maximum Gasteiger partial charge on any atom is 0.269 e. The lowest BCUT2D eigenvalue weighted by Crippen LogP contribution is -2.57. The van der Waals surface area contributed by atoms with Crippen LogP contribution in [0.2, 0.25) is 0 Å². The number of ether oxygens (including phenoxy) is 1. The number of carbonyl (C=O) groups excluding carboxylic acids is 2. The molecule has 1 heterocycles. The molecule has 4 rings (SSSR count). The predicted molar refractivity (Wildman–Crippen MR) is 119 cm³/mol. The number of rotatable bonds is 5. The molecule has 1 unspecified atom stereocenters. The van der Waals surface area contributed by atoms with Crippen LogP contribution in [0.5, 0.6) is 11.5 Å². The smallest absolute Gasteiger partial charge is 0.269 e. The van der Waals surface area contributed by atoms with E-state index in [1.807, 2.05) is 42.5 Å². The molecular formula is C24H21N3O5. The Morgan fingerprint density at radius 2 is 1.56 bits per heavy atom. The third-order valence-corrected chi connectivity index (χ3v) is 5.37. The predicted octanol–water partition coefficient (Wildman–Crippen LogP) is 4.26. The number of para-hydroxylation sites is 1. The molecule has 1 fully saturated rings. The summed E-state index contributed by atoms with van der Waals surface area (Å²) < 4.78 is 5.79. The first kappa shape index (κ1) is 21.0. The fourth-order valence-electron chi connectivity index (χ4n) is 3.61. The highest BCUT2D eigenvalue weighted by molar-refractivity contribution is 6.03. The van der Waals surface area contributed by atoms with Crippen molar-refractivity contribution in [3.8, 4) is 11.5 Å². The van der Waals surface area contributed by atoms with Crippen molar-refractivity contribution in [2.24, 2.45) is 0 Å². The average Bonchev–Trinajstić information content (AvgIpc) is 2.82. The van der Waals surface area contributed by atoms with Crippen molar-refractivity contribution in [2.75, 3.05) is 18.0 Å². The van der Waals surface area contributed by atoms with Crippen LogP contribution in [-0.4, -0.2) is 40.8 Å². The number of nitro benzene ring substituents is 1. The van der Waals surface area contributed by atoms with Gasteiger partial charge >= 0.3 is 0 Å². The van der Waals surface area contributed by atoms with E-state index in [0.29, 0.717) is 24.4 Å². The van der Waals surface area contributed by atoms with Gasteiger partial charge in [0.1, 0.15) is 17.5 Å². The zero-order valence-electron chi connectivity index (χ0n) is 17.4. The number of amides is 2. The molecule has 0 saturated carbocycles. The molecule has 0 radical (unpaired) electrons. The number of hydrogen-bond donors (Lipinski definition) is 0. The molecule has 3 aromatic rings. The first-order valence-corrected chi connectivity index (χ1v) is 10.1. The van der Waals surface area contributed by atoms with E-state index in [4.69, 9.17) is 4.74 Å². The second-order valence-corrected chi connectivity index (χ2v) is 7.38. The fraction of sp³-hybridized carbons (Fsp3) is 0.167. The van der Waals surface area contributed by atoms with Crippen LogP contribution in [0.4, 0.5) is 11.4 Å². The van der Waals surface area contributed by atoms with Gasteiger partial charge in [-0.3, -0.25) is 19.7 Å². The molecule has 3 aromatic carbocycles. The summed E-state index contributed by atoms with van der Waals surface area (Å²) in [6, 6.07) is 21.4. The van der Waals surface area contributed by atoms with Crippen LogP contribution in [0.1, 0.15) is 17.3 Å². The van der Waals surface area contributed by atoms with E-state index in [1.165, 1.54) is 29.2 Å². The number of carbonyl (C=O) groups is 2. The van der Waals surface area contributed by atoms with Crippen LogP contribution in [0, 0.1) is 10.1 Å². The number of nitrogens with zero attached hydrogens (tertiary/aromatic N) is 3. The molecule has 1 atom stereocenters. The Hall–Kier alpha value is -4.20. The van der Waals surface area contributed by atoms with Gasteiger partial charge < -0.3 is 14.5 Å². The molecule has 0 bridgehead atoms. The summed E-state index contributed by atoms with van der Waals surface area (Å²) in [4.78, 5) is 39.3. The van der Waals surface area contributed by atoms with Crippen molar-refractivity contribution < 1.29 is 19.2 Å². The summed E-state index contributed by atoms with van der Waals surface area (Å²) in [6.45, 7) is 2.39. The molecule has 0 aliphatic carbocycles. The Labute approximate surface area is 184 Å². The van der Waals surface area contributed by atoms with Crippen molar-refractivity contribution in [1.29, 1.82) is 0 Å². The van der Waals surface area contributed by atoms with Gasteiger partial charge in [-0.15, -0.1) is 0 Å². The van der Waals surface area contributed by atoms with Gasteiger partial charge in [-0.2, -0.15) is 0 Å². The molecule has 1 aliphatic rings. The number of benzene rings is 3. The van der Waals surface area contributed by atoms with Crippen LogP contribution < -0.4 is 9.64 Å². The minimum Gasteiger partial charge on any atom is -0.457 e. The molecular weight excluding hydrogens is 410 g/mol. The number of anilines is 1. The normalized spacial score (nSPS) is 16.0. The summed E-state index contributed by atoms with van der Waals surface area (Å²) in [5.74, 6) is 0.867. The van der Waals surface area contributed by atoms with Crippen LogP contribution in [0.25, 0.3) is 0 Å². The molecule has 162 valence electrons. The van der Waals surface area contributed by atoms with Crippen molar-refractivity contribution in [1.82, 2.24) is 4.90 Å². The second-order valence-electron chi connectivity index (χ2n) is 7.38. The van der Waals surface area contributed by atoms with Crippen LogP contribution in [0.15, 0.2) is 78.9 Å². The number of nitro groups is 1. The largest absolute Gasteiger partial charge is 0.457 e. The van der Waals surface area contributed by atoms with E-state index in [1.54, 1.807) is 24.0 Å². The molecule has 0 aromatic heterocycles. The van der Waals surface area contributed by atoms with Gasteiger partial charge in [0.15, 0.2) is 0 Å². The lowest BCUT2D eigenvalue weighted by atomic mass is 10.1. The van der Waals surface area contributed by atoms with E-state index in [0.717, 1.165) is 11.4 Å². The van der Waals surface area contributed by atoms with E-state index in [9.17, 15) is 19.7 Å². The highest BCUT2D eigenvalue weighted by atomic mass is 16.6. The minimum atomic E-state index is -0.660. The molecule has 8 nitrogen and oxygen atoms in total. The van der Waals surface area contributed by atoms with Gasteiger partial charge in [0.25, 0.3) is 11.6 Å². The molecule has 0 spiro atoms. The number of non-ortho nitro benzene ring substituents is 1. The second kappa shape index (κ2) is 8.89. The van der Waals surface area contributed by atoms with Crippen molar-refractivity contribution in [2.45, 2.75) is 13.0 Å². The summed E-state index contributed by atoms with van der Waals surface area (Å²) in [6.07, 6.45) is 0. The molecule has 0 N–H and O–H groups in total. The third kappa shape index (κ3) is 4.29. The molecule has 32 heavy (non-hydrogen) atoms. The lowest BCUT2D eigenvalue weighted by Gasteiger charge is -2.39.